The molecule has 0 bridgehead atoms. The standard InChI is InChI=1S/C12H9BrN2O3S2/c13-8-3-4-19-11(8)6-20(16,17)12-15-9-5-7(14)1-2-10(9)18-12/h1-5H,6,14H2. The first-order chi connectivity index (χ1) is 9.45. The van der Waals surface area contributed by atoms with Gasteiger partial charge in [0.25, 0.3) is 0 Å². The van der Waals surface area contributed by atoms with Crippen LogP contribution in [0.3, 0.4) is 0 Å². The van der Waals surface area contributed by atoms with Gasteiger partial charge in [-0.05, 0) is 45.6 Å². The highest BCUT2D eigenvalue weighted by Gasteiger charge is 2.24. The van der Waals surface area contributed by atoms with Gasteiger partial charge in [-0.1, -0.05) is 0 Å². The molecule has 0 aliphatic rings. The zero-order valence-electron chi connectivity index (χ0n) is 10.0. The normalized spacial score (nSPS) is 12.1. The van der Waals surface area contributed by atoms with Gasteiger partial charge in [-0.3, -0.25) is 0 Å². The molecule has 0 atom stereocenters. The van der Waals surface area contributed by atoms with Crippen LogP contribution in [0.4, 0.5) is 5.69 Å². The molecule has 104 valence electrons. The van der Waals surface area contributed by atoms with Crippen LogP contribution in [0.1, 0.15) is 4.88 Å². The summed E-state index contributed by atoms with van der Waals surface area (Å²) in [6.07, 6.45) is 0. The van der Waals surface area contributed by atoms with Crippen LogP contribution in [0.5, 0.6) is 0 Å². The highest BCUT2D eigenvalue weighted by atomic mass is 79.9. The first-order valence-electron chi connectivity index (χ1n) is 5.56. The zero-order chi connectivity index (χ0) is 14.3. The molecule has 5 nitrogen and oxygen atoms in total. The molecule has 0 fully saturated rings. The van der Waals surface area contributed by atoms with E-state index in [1.807, 2.05) is 11.4 Å². The third kappa shape index (κ3) is 2.46. The molecule has 2 heterocycles. The lowest BCUT2D eigenvalue weighted by atomic mass is 10.3. The van der Waals surface area contributed by atoms with Crippen molar-refractivity contribution in [2.75, 3.05) is 5.73 Å². The van der Waals surface area contributed by atoms with E-state index < -0.39 is 9.84 Å². The van der Waals surface area contributed by atoms with Crippen LogP contribution in [0.15, 0.2) is 43.8 Å². The quantitative estimate of drug-likeness (QED) is 0.713. The summed E-state index contributed by atoms with van der Waals surface area (Å²) in [4.78, 5) is 4.72. The van der Waals surface area contributed by atoms with E-state index in [9.17, 15) is 8.42 Å². The van der Waals surface area contributed by atoms with Gasteiger partial charge in [-0.15, -0.1) is 11.3 Å². The molecule has 3 rings (SSSR count). The topological polar surface area (TPSA) is 86.2 Å². The van der Waals surface area contributed by atoms with Crippen molar-refractivity contribution in [2.45, 2.75) is 11.0 Å². The summed E-state index contributed by atoms with van der Waals surface area (Å²) in [7, 11) is -3.62. The Balaban J connectivity index is 2.03. The smallest absolute Gasteiger partial charge is 0.316 e. The predicted molar refractivity (Wildman–Crippen MR) is 81.3 cm³/mol. The molecule has 8 heteroatoms. The molecule has 0 saturated heterocycles. The Kier molecular flexibility index (Phi) is 3.31. The van der Waals surface area contributed by atoms with E-state index in [0.717, 1.165) is 4.47 Å². The Morgan fingerprint density at radius 2 is 2.15 bits per heavy atom. The van der Waals surface area contributed by atoms with Gasteiger partial charge in [0, 0.05) is 15.0 Å². The van der Waals surface area contributed by atoms with Crippen molar-refractivity contribution < 1.29 is 12.8 Å². The number of halogens is 1. The average molecular weight is 373 g/mol. The molecule has 20 heavy (non-hydrogen) atoms. The van der Waals surface area contributed by atoms with Crippen LogP contribution in [0.2, 0.25) is 0 Å². The molecule has 2 aromatic heterocycles. The number of anilines is 1. The second-order valence-corrected chi connectivity index (χ2v) is 7.88. The first kappa shape index (κ1) is 13.6. The average Bonchev–Trinajstić information content (AvgIpc) is 2.96. The van der Waals surface area contributed by atoms with E-state index >= 15 is 0 Å². The van der Waals surface area contributed by atoms with Crippen LogP contribution in [-0.4, -0.2) is 13.4 Å². The van der Waals surface area contributed by atoms with Crippen LogP contribution in [-0.2, 0) is 15.6 Å². The van der Waals surface area contributed by atoms with Gasteiger partial charge in [-0.2, -0.15) is 4.98 Å². The second kappa shape index (κ2) is 4.87. The summed E-state index contributed by atoms with van der Waals surface area (Å²) in [5, 5.41) is 1.54. The molecule has 0 saturated carbocycles. The molecule has 0 aliphatic heterocycles. The van der Waals surface area contributed by atoms with E-state index in [4.69, 9.17) is 10.2 Å². The van der Waals surface area contributed by atoms with E-state index in [1.165, 1.54) is 11.3 Å². The molecule has 2 N–H and O–H groups in total. The van der Waals surface area contributed by atoms with Crippen molar-refractivity contribution in [3.63, 3.8) is 0 Å². The lowest BCUT2D eigenvalue weighted by Gasteiger charge is -1.98. The van der Waals surface area contributed by atoms with E-state index in [2.05, 4.69) is 20.9 Å². The van der Waals surface area contributed by atoms with Crippen LogP contribution in [0.25, 0.3) is 11.1 Å². The third-order valence-corrected chi connectivity index (χ3v) is 6.15. The summed E-state index contributed by atoms with van der Waals surface area (Å²) in [6, 6.07) is 6.64. The number of oxazole rings is 1. The number of nitrogen functional groups attached to an aromatic ring is 1. The largest absolute Gasteiger partial charge is 0.428 e. The van der Waals surface area contributed by atoms with Crippen molar-refractivity contribution in [2.24, 2.45) is 0 Å². The molecule has 0 aliphatic carbocycles. The summed E-state index contributed by atoms with van der Waals surface area (Å²) in [5.41, 5.74) is 6.99. The molecule has 0 radical (unpaired) electrons. The second-order valence-electron chi connectivity index (χ2n) is 4.16. The maximum absolute atomic E-state index is 12.3. The molecule has 1 aromatic carbocycles. The van der Waals surface area contributed by atoms with Crippen molar-refractivity contribution in [3.05, 3.63) is 39.0 Å². The fourth-order valence-corrected chi connectivity index (χ4v) is 5.00. The number of sulfone groups is 1. The highest BCUT2D eigenvalue weighted by molar-refractivity contribution is 9.10. The Morgan fingerprint density at radius 3 is 2.85 bits per heavy atom. The van der Waals surface area contributed by atoms with Crippen molar-refractivity contribution in [1.82, 2.24) is 4.98 Å². The Labute approximate surface area is 127 Å². The van der Waals surface area contributed by atoms with Crippen molar-refractivity contribution in [3.8, 4) is 0 Å². The lowest BCUT2D eigenvalue weighted by Crippen LogP contribution is -2.04. The number of fused-ring (bicyclic) bond motifs is 1. The van der Waals surface area contributed by atoms with Gasteiger partial charge < -0.3 is 10.2 Å². The molecule has 0 amide bonds. The number of nitrogens with zero attached hydrogens (tertiary/aromatic N) is 1. The minimum atomic E-state index is -3.62. The fourth-order valence-electron chi connectivity index (χ4n) is 1.72. The Hall–Kier alpha value is -1.38. The zero-order valence-corrected chi connectivity index (χ0v) is 13.3. The number of rotatable bonds is 3. The number of thiophene rings is 1. The van der Waals surface area contributed by atoms with E-state index in [1.54, 1.807) is 18.2 Å². The number of hydrogen-bond donors (Lipinski definition) is 1. The number of nitrogens with two attached hydrogens (primary N) is 1. The minimum absolute atomic E-state index is 0.145. The van der Waals surface area contributed by atoms with Gasteiger partial charge in [0.2, 0.25) is 9.84 Å². The maximum Gasteiger partial charge on any atom is 0.316 e. The van der Waals surface area contributed by atoms with Crippen molar-refractivity contribution >= 4 is 53.9 Å². The van der Waals surface area contributed by atoms with Crippen LogP contribution < -0.4 is 5.73 Å². The van der Waals surface area contributed by atoms with Gasteiger partial charge in [0.05, 0.1) is 5.75 Å². The molecule has 0 unspecified atom stereocenters. The molecule has 0 spiro atoms. The van der Waals surface area contributed by atoms with Gasteiger partial charge >= 0.3 is 5.22 Å². The van der Waals surface area contributed by atoms with E-state index in [0.29, 0.717) is 21.7 Å². The van der Waals surface area contributed by atoms with Gasteiger partial charge in [-0.25, -0.2) is 8.42 Å². The van der Waals surface area contributed by atoms with Gasteiger partial charge in [0.15, 0.2) is 5.58 Å². The Bertz CT molecular complexity index is 883. The fraction of sp³-hybridized carbons (Fsp3) is 0.0833. The summed E-state index contributed by atoms with van der Waals surface area (Å²) < 4.78 is 30.7. The number of benzene rings is 1. The predicted octanol–water partition coefficient (Wildman–Crippen LogP) is 3.21. The minimum Gasteiger partial charge on any atom is -0.428 e. The number of aromatic nitrogens is 1. The van der Waals surface area contributed by atoms with Crippen molar-refractivity contribution in [1.29, 1.82) is 0 Å². The maximum atomic E-state index is 12.3. The highest BCUT2D eigenvalue weighted by Crippen LogP contribution is 2.28. The summed E-state index contributed by atoms with van der Waals surface area (Å²) in [6.45, 7) is 0. The van der Waals surface area contributed by atoms with Gasteiger partial charge in [0.1, 0.15) is 5.52 Å². The first-order valence-corrected chi connectivity index (χ1v) is 8.89. The summed E-state index contributed by atoms with van der Waals surface area (Å²) in [5.74, 6) is -0.145. The number of hydrogen-bond acceptors (Lipinski definition) is 6. The Morgan fingerprint density at radius 1 is 1.35 bits per heavy atom. The van der Waals surface area contributed by atoms with E-state index in [-0.39, 0.29) is 11.0 Å². The molecular formula is C12H9BrN2O3S2. The monoisotopic (exact) mass is 372 g/mol. The van der Waals surface area contributed by atoms with Crippen LogP contribution in [0, 0.1) is 0 Å². The molecule has 3 aromatic rings. The molecular weight excluding hydrogens is 364 g/mol. The van der Waals surface area contributed by atoms with Crippen LogP contribution >= 0.6 is 27.3 Å². The SMILES string of the molecule is Nc1ccc2oc(S(=O)(=O)Cc3sccc3Br)nc2c1. The summed E-state index contributed by atoms with van der Waals surface area (Å²) >= 11 is 4.68. The lowest BCUT2D eigenvalue weighted by molar-refractivity contribution is 0.458. The third-order valence-electron chi connectivity index (χ3n) is 2.67.